The third-order valence-corrected chi connectivity index (χ3v) is 13.0. The Balaban J connectivity index is 1.40. The van der Waals surface area contributed by atoms with Crippen molar-refractivity contribution in [3.63, 3.8) is 0 Å². The Morgan fingerprint density at radius 1 is 1.03 bits per heavy atom. The van der Waals surface area contributed by atoms with E-state index in [-0.39, 0.29) is 34.0 Å². The maximum absolute atomic E-state index is 12.4. The topological polar surface area (TPSA) is 74.7 Å². The quantitative estimate of drug-likeness (QED) is 0.545. The zero-order valence-electron chi connectivity index (χ0n) is 23.0. The summed E-state index contributed by atoms with van der Waals surface area (Å²) in [5.74, 6) is 8.62. The number of carbonyl (C=O) groups is 1. The van der Waals surface area contributed by atoms with Crippen LogP contribution in [0.15, 0.2) is 35.9 Å². The van der Waals surface area contributed by atoms with Crippen LogP contribution in [0.5, 0.6) is 0 Å². The maximum Gasteiger partial charge on any atom is 0.155 e. The number of hydrogen-bond donors (Lipinski definition) is 1. The Morgan fingerprint density at radius 2 is 1.74 bits per heavy atom. The Labute approximate surface area is 228 Å². The molecule has 0 bridgehead atoms. The highest BCUT2D eigenvalue weighted by Crippen LogP contribution is 2.70. The van der Waals surface area contributed by atoms with Crippen molar-refractivity contribution in [2.75, 3.05) is 29.5 Å². The lowest BCUT2D eigenvalue weighted by molar-refractivity contribution is -0.122. The molecule has 0 unspecified atom stereocenters. The first-order valence-corrected chi connectivity index (χ1v) is 16.3. The van der Waals surface area contributed by atoms with E-state index in [1.54, 1.807) is 0 Å². The molecule has 1 N–H and O–H groups in total. The predicted octanol–water partition coefficient (Wildman–Crippen LogP) is 4.90. The van der Waals surface area contributed by atoms with Crippen molar-refractivity contribution >= 4 is 21.3 Å². The molecule has 0 spiro atoms. The molecule has 0 radical (unpaired) electrons. The van der Waals surface area contributed by atoms with Gasteiger partial charge in [0.05, 0.1) is 11.5 Å². The molecule has 204 valence electrons. The molecule has 4 fully saturated rings. The molecule has 7 atom stereocenters. The minimum absolute atomic E-state index is 0.000134. The number of nitrogens with zero attached hydrogens (tertiary/aromatic N) is 1. The van der Waals surface area contributed by atoms with Crippen LogP contribution in [0.3, 0.4) is 0 Å². The standard InChI is InChI=1S/C32H41NO4S/c1-4-13-32(35)15-12-28-26-10-7-23-20-25(34)11-14-30(23,2)29(26)27(21-31(28,32)3)22-5-8-24(9-6-22)33-16-18-38(36,37)19-17-33/h5-6,8-9,20,26-29,35H,7,10-12,14-19,21H2,1-3H3/t26-,27+,28-,29+,30-,31-,32-/m0/s1. The van der Waals surface area contributed by atoms with Gasteiger partial charge >= 0.3 is 0 Å². The molecule has 5 nitrogen and oxygen atoms in total. The van der Waals surface area contributed by atoms with Crippen molar-refractivity contribution in [3.05, 3.63) is 41.5 Å². The highest BCUT2D eigenvalue weighted by atomic mass is 32.2. The van der Waals surface area contributed by atoms with E-state index in [9.17, 15) is 18.3 Å². The van der Waals surface area contributed by atoms with Gasteiger partial charge in [-0.15, -0.1) is 5.92 Å². The molecule has 1 aliphatic heterocycles. The smallest absolute Gasteiger partial charge is 0.155 e. The maximum atomic E-state index is 12.4. The summed E-state index contributed by atoms with van der Waals surface area (Å²) in [5.41, 5.74) is 2.48. The molecule has 38 heavy (non-hydrogen) atoms. The van der Waals surface area contributed by atoms with Crippen LogP contribution in [0.4, 0.5) is 5.69 Å². The van der Waals surface area contributed by atoms with Crippen LogP contribution < -0.4 is 4.90 Å². The van der Waals surface area contributed by atoms with Gasteiger partial charge in [-0.1, -0.05) is 37.5 Å². The summed E-state index contributed by atoms with van der Waals surface area (Å²) in [5, 5.41) is 11.9. The third kappa shape index (κ3) is 3.91. The lowest BCUT2D eigenvalue weighted by Gasteiger charge is -2.61. The van der Waals surface area contributed by atoms with Crippen LogP contribution in [0, 0.1) is 40.4 Å². The number of ketones is 1. The summed E-state index contributed by atoms with van der Waals surface area (Å²) in [4.78, 5) is 14.6. The van der Waals surface area contributed by atoms with E-state index in [2.05, 4.69) is 54.9 Å². The lowest BCUT2D eigenvalue weighted by atomic mass is 9.43. The van der Waals surface area contributed by atoms with Crippen molar-refractivity contribution in [1.29, 1.82) is 0 Å². The van der Waals surface area contributed by atoms with Crippen LogP contribution in [-0.4, -0.2) is 49.5 Å². The molecular weight excluding hydrogens is 494 g/mol. The van der Waals surface area contributed by atoms with Crippen LogP contribution in [-0.2, 0) is 14.6 Å². The van der Waals surface area contributed by atoms with Crippen molar-refractivity contribution in [3.8, 4) is 11.8 Å². The number of allylic oxidation sites excluding steroid dienone is 1. The number of carbonyl (C=O) groups excluding carboxylic acids is 1. The average Bonchev–Trinajstić information content (AvgIpc) is 3.14. The van der Waals surface area contributed by atoms with Gasteiger partial charge in [0.25, 0.3) is 0 Å². The fraction of sp³-hybridized carbons (Fsp3) is 0.656. The van der Waals surface area contributed by atoms with Gasteiger partial charge in [-0.05, 0) is 98.3 Å². The molecule has 1 heterocycles. The molecule has 6 heteroatoms. The van der Waals surface area contributed by atoms with Crippen LogP contribution in [0.1, 0.15) is 77.2 Å². The van der Waals surface area contributed by atoms with Gasteiger partial charge in [-0.3, -0.25) is 4.79 Å². The number of benzene rings is 1. The lowest BCUT2D eigenvalue weighted by Crippen LogP contribution is -2.57. The summed E-state index contributed by atoms with van der Waals surface area (Å²) < 4.78 is 23.9. The van der Waals surface area contributed by atoms with Gasteiger partial charge in [0.2, 0.25) is 0 Å². The number of fused-ring (bicyclic) bond motifs is 5. The first-order valence-electron chi connectivity index (χ1n) is 14.5. The van der Waals surface area contributed by atoms with Crippen molar-refractivity contribution in [1.82, 2.24) is 0 Å². The third-order valence-electron chi connectivity index (χ3n) is 11.4. The second-order valence-corrected chi connectivity index (χ2v) is 15.4. The number of sulfone groups is 1. The van der Waals surface area contributed by atoms with Crippen molar-refractivity contribution in [2.45, 2.75) is 77.2 Å². The number of rotatable bonds is 2. The number of aliphatic hydroxyl groups is 1. The fourth-order valence-corrected chi connectivity index (χ4v) is 10.6. The fourth-order valence-electron chi connectivity index (χ4n) is 9.39. The Hall–Kier alpha value is -2.10. The predicted molar refractivity (Wildman–Crippen MR) is 151 cm³/mol. The van der Waals surface area contributed by atoms with Crippen LogP contribution in [0.25, 0.3) is 0 Å². The minimum Gasteiger partial charge on any atom is -0.377 e. The van der Waals surface area contributed by atoms with Gasteiger partial charge in [0.15, 0.2) is 15.6 Å². The molecule has 5 aliphatic rings. The first-order chi connectivity index (χ1) is 18.0. The minimum atomic E-state index is -2.92. The highest BCUT2D eigenvalue weighted by molar-refractivity contribution is 7.91. The van der Waals surface area contributed by atoms with Gasteiger partial charge < -0.3 is 10.0 Å². The molecule has 0 amide bonds. The highest BCUT2D eigenvalue weighted by Gasteiger charge is 2.66. The van der Waals surface area contributed by atoms with E-state index in [4.69, 9.17) is 0 Å². The van der Waals surface area contributed by atoms with E-state index < -0.39 is 15.4 Å². The summed E-state index contributed by atoms with van der Waals surface area (Å²) in [6, 6.07) is 8.82. The molecule has 3 saturated carbocycles. The molecule has 6 rings (SSSR count). The number of anilines is 1. The van der Waals surface area contributed by atoms with Gasteiger partial charge in [0.1, 0.15) is 5.60 Å². The summed E-state index contributed by atoms with van der Waals surface area (Å²) >= 11 is 0. The van der Waals surface area contributed by atoms with Crippen molar-refractivity contribution < 1.29 is 18.3 Å². The average molecular weight is 536 g/mol. The van der Waals surface area contributed by atoms with Crippen molar-refractivity contribution in [2.24, 2.45) is 28.6 Å². The van der Waals surface area contributed by atoms with Gasteiger partial charge in [-0.2, -0.15) is 0 Å². The zero-order valence-corrected chi connectivity index (χ0v) is 23.8. The van der Waals surface area contributed by atoms with E-state index in [0.717, 1.165) is 44.2 Å². The second kappa shape index (κ2) is 8.96. The molecule has 4 aliphatic carbocycles. The van der Waals surface area contributed by atoms with Gasteiger partial charge in [0, 0.05) is 30.6 Å². The second-order valence-electron chi connectivity index (χ2n) is 13.1. The van der Waals surface area contributed by atoms with E-state index in [0.29, 0.717) is 37.3 Å². The van der Waals surface area contributed by atoms with Crippen LogP contribution in [0.2, 0.25) is 0 Å². The van der Waals surface area contributed by atoms with Crippen LogP contribution >= 0.6 is 0 Å². The van der Waals surface area contributed by atoms with E-state index in [1.165, 1.54) is 11.1 Å². The van der Waals surface area contributed by atoms with Gasteiger partial charge in [-0.25, -0.2) is 8.42 Å². The molecule has 1 aromatic carbocycles. The summed E-state index contributed by atoms with van der Waals surface area (Å²) in [7, 11) is -2.92. The molecular formula is C32H41NO4S. The zero-order chi connectivity index (χ0) is 26.9. The Bertz CT molecular complexity index is 1320. The largest absolute Gasteiger partial charge is 0.377 e. The Morgan fingerprint density at radius 3 is 2.42 bits per heavy atom. The molecule has 1 aromatic rings. The monoisotopic (exact) mass is 535 g/mol. The normalized spacial score (nSPS) is 41.7. The SMILES string of the molecule is CC#C[C@]1(O)CC[C@H]2[C@@H]3CCC4=CC(=O)CC[C@]4(C)[C@H]3[C@@H](c3ccc(N4CCS(=O)(=O)CC4)cc3)C[C@@]21C. The Kier molecular flexibility index (Phi) is 6.16. The molecule has 1 saturated heterocycles. The summed E-state index contributed by atoms with van der Waals surface area (Å²) in [6.07, 6.45) is 8.20. The van der Waals surface area contributed by atoms with E-state index >= 15 is 0 Å². The molecule has 0 aromatic heterocycles. The number of hydrogen-bond acceptors (Lipinski definition) is 5. The van der Waals surface area contributed by atoms with E-state index in [1.807, 2.05) is 13.0 Å². The summed E-state index contributed by atoms with van der Waals surface area (Å²) in [6.45, 7) is 7.61. The first kappa shape index (κ1) is 26.1.